The summed E-state index contributed by atoms with van der Waals surface area (Å²) in [6.07, 6.45) is 0.907. The Hall–Kier alpha value is -2.32. The van der Waals surface area contributed by atoms with E-state index in [4.69, 9.17) is 11.0 Å². The summed E-state index contributed by atoms with van der Waals surface area (Å²) < 4.78 is 2.01. The molecule has 4 nitrogen and oxygen atoms in total. The molecule has 0 bridgehead atoms. The molecule has 0 aliphatic carbocycles. The van der Waals surface area contributed by atoms with E-state index in [9.17, 15) is 0 Å². The number of nitrogen functional groups attached to an aromatic ring is 1. The van der Waals surface area contributed by atoms with Gasteiger partial charge in [-0.2, -0.15) is 5.26 Å². The standard InChI is InChI=1S/C15H14N4S/c1-10(7-12-3-2-6-20-12)19-14-8-11(9-16)4-5-13(14)18-15(19)17/h2-6,8,10H,7H2,1H3,(H2,17,18). The molecule has 0 aliphatic rings. The fourth-order valence-corrected chi connectivity index (χ4v) is 3.28. The molecule has 0 saturated heterocycles. The lowest BCUT2D eigenvalue weighted by Crippen LogP contribution is -2.10. The van der Waals surface area contributed by atoms with Crippen molar-refractivity contribution in [2.75, 3.05) is 5.73 Å². The molecule has 0 spiro atoms. The van der Waals surface area contributed by atoms with Crippen molar-refractivity contribution in [3.8, 4) is 6.07 Å². The molecule has 3 rings (SSSR count). The van der Waals surface area contributed by atoms with E-state index in [0.29, 0.717) is 11.5 Å². The van der Waals surface area contributed by atoms with Crippen LogP contribution in [-0.2, 0) is 6.42 Å². The summed E-state index contributed by atoms with van der Waals surface area (Å²) >= 11 is 1.74. The predicted molar refractivity (Wildman–Crippen MR) is 81.6 cm³/mol. The van der Waals surface area contributed by atoms with Crippen LogP contribution in [0.5, 0.6) is 0 Å². The number of benzene rings is 1. The van der Waals surface area contributed by atoms with Gasteiger partial charge in [0, 0.05) is 17.3 Å². The molecule has 5 heteroatoms. The van der Waals surface area contributed by atoms with Crippen molar-refractivity contribution in [3.63, 3.8) is 0 Å². The Bertz CT molecular complexity index is 780. The summed E-state index contributed by atoms with van der Waals surface area (Å²) in [5, 5.41) is 11.1. The average Bonchev–Trinajstić information content (AvgIpc) is 3.04. The summed E-state index contributed by atoms with van der Waals surface area (Å²) in [7, 11) is 0. The summed E-state index contributed by atoms with van der Waals surface area (Å²) in [6, 6.07) is 12.0. The summed E-state index contributed by atoms with van der Waals surface area (Å²) in [6.45, 7) is 2.12. The number of aromatic nitrogens is 2. The third-order valence-electron chi connectivity index (χ3n) is 3.36. The molecular weight excluding hydrogens is 268 g/mol. The smallest absolute Gasteiger partial charge is 0.201 e. The van der Waals surface area contributed by atoms with Crippen LogP contribution in [0.2, 0.25) is 0 Å². The number of rotatable bonds is 3. The molecule has 1 aromatic carbocycles. The molecule has 1 atom stereocenters. The van der Waals surface area contributed by atoms with Crippen molar-refractivity contribution in [2.24, 2.45) is 0 Å². The van der Waals surface area contributed by atoms with E-state index in [1.165, 1.54) is 4.88 Å². The number of nitrogens with zero attached hydrogens (tertiary/aromatic N) is 3. The zero-order valence-electron chi connectivity index (χ0n) is 11.1. The highest BCUT2D eigenvalue weighted by atomic mass is 32.1. The van der Waals surface area contributed by atoms with Crippen LogP contribution in [0.3, 0.4) is 0 Å². The summed E-state index contributed by atoms with van der Waals surface area (Å²) in [5.74, 6) is 0.499. The lowest BCUT2D eigenvalue weighted by atomic mass is 10.1. The van der Waals surface area contributed by atoms with Crippen LogP contribution < -0.4 is 5.73 Å². The van der Waals surface area contributed by atoms with Gasteiger partial charge in [0.25, 0.3) is 0 Å². The Morgan fingerprint density at radius 3 is 3.00 bits per heavy atom. The number of nitriles is 1. The van der Waals surface area contributed by atoms with E-state index in [-0.39, 0.29) is 6.04 Å². The maximum absolute atomic E-state index is 9.03. The zero-order chi connectivity index (χ0) is 14.1. The van der Waals surface area contributed by atoms with Crippen LogP contribution in [-0.4, -0.2) is 9.55 Å². The average molecular weight is 282 g/mol. The van der Waals surface area contributed by atoms with Gasteiger partial charge in [-0.05, 0) is 36.6 Å². The van der Waals surface area contributed by atoms with Crippen molar-refractivity contribution in [1.29, 1.82) is 5.26 Å². The zero-order valence-corrected chi connectivity index (χ0v) is 11.9. The Kier molecular flexibility index (Phi) is 3.17. The topological polar surface area (TPSA) is 67.6 Å². The monoisotopic (exact) mass is 282 g/mol. The van der Waals surface area contributed by atoms with Gasteiger partial charge < -0.3 is 10.3 Å². The van der Waals surface area contributed by atoms with Crippen molar-refractivity contribution in [1.82, 2.24) is 9.55 Å². The van der Waals surface area contributed by atoms with Gasteiger partial charge in [0.2, 0.25) is 5.95 Å². The van der Waals surface area contributed by atoms with Gasteiger partial charge in [-0.1, -0.05) is 6.07 Å². The van der Waals surface area contributed by atoms with Crippen molar-refractivity contribution in [3.05, 3.63) is 46.2 Å². The van der Waals surface area contributed by atoms with Gasteiger partial charge in [-0.3, -0.25) is 0 Å². The molecule has 0 saturated carbocycles. The second-order valence-corrected chi connectivity index (χ2v) is 5.82. The Morgan fingerprint density at radius 2 is 2.30 bits per heavy atom. The first kappa shape index (κ1) is 12.7. The quantitative estimate of drug-likeness (QED) is 0.801. The number of thiophene rings is 1. The Balaban J connectivity index is 2.05. The number of hydrogen-bond acceptors (Lipinski definition) is 4. The van der Waals surface area contributed by atoms with Gasteiger partial charge in [-0.15, -0.1) is 11.3 Å². The Morgan fingerprint density at radius 1 is 1.45 bits per heavy atom. The first-order valence-electron chi connectivity index (χ1n) is 6.39. The first-order chi connectivity index (χ1) is 9.69. The number of fused-ring (bicyclic) bond motifs is 1. The van der Waals surface area contributed by atoms with Crippen molar-refractivity contribution >= 4 is 28.3 Å². The highest BCUT2D eigenvalue weighted by Gasteiger charge is 2.15. The molecular formula is C15H14N4S. The fourth-order valence-electron chi connectivity index (χ4n) is 2.46. The molecule has 3 aromatic rings. The van der Waals surface area contributed by atoms with Gasteiger partial charge in [-0.25, -0.2) is 4.98 Å². The van der Waals surface area contributed by atoms with Crippen LogP contribution in [0, 0.1) is 11.3 Å². The first-order valence-corrected chi connectivity index (χ1v) is 7.27. The van der Waals surface area contributed by atoms with E-state index >= 15 is 0 Å². The molecule has 2 N–H and O–H groups in total. The lowest BCUT2D eigenvalue weighted by molar-refractivity contribution is 0.571. The van der Waals surface area contributed by atoms with Crippen molar-refractivity contribution in [2.45, 2.75) is 19.4 Å². The largest absolute Gasteiger partial charge is 0.369 e. The SMILES string of the molecule is CC(Cc1cccs1)n1c(N)nc2ccc(C#N)cc21. The summed E-state index contributed by atoms with van der Waals surface area (Å²) in [4.78, 5) is 5.69. The highest BCUT2D eigenvalue weighted by molar-refractivity contribution is 7.09. The van der Waals surface area contributed by atoms with Gasteiger partial charge >= 0.3 is 0 Å². The number of imidazole rings is 1. The predicted octanol–water partition coefficient (Wildman–Crippen LogP) is 3.36. The van der Waals surface area contributed by atoms with E-state index in [0.717, 1.165) is 17.5 Å². The van der Waals surface area contributed by atoms with Gasteiger partial charge in [0.05, 0.1) is 22.7 Å². The molecule has 0 amide bonds. The second-order valence-electron chi connectivity index (χ2n) is 4.79. The number of anilines is 1. The van der Waals surface area contributed by atoms with E-state index in [2.05, 4.69) is 35.5 Å². The molecule has 2 aromatic heterocycles. The normalized spacial score (nSPS) is 12.4. The highest BCUT2D eigenvalue weighted by Crippen LogP contribution is 2.26. The minimum absolute atomic E-state index is 0.201. The molecule has 20 heavy (non-hydrogen) atoms. The maximum atomic E-state index is 9.03. The van der Waals surface area contributed by atoms with Crippen molar-refractivity contribution < 1.29 is 0 Å². The number of hydrogen-bond donors (Lipinski definition) is 1. The minimum Gasteiger partial charge on any atom is -0.369 e. The van der Waals surface area contributed by atoms with Crippen LogP contribution in [0.25, 0.3) is 11.0 Å². The minimum atomic E-state index is 0.201. The maximum Gasteiger partial charge on any atom is 0.201 e. The fraction of sp³-hybridized carbons (Fsp3) is 0.200. The third-order valence-corrected chi connectivity index (χ3v) is 4.26. The van der Waals surface area contributed by atoms with Gasteiger partial charge in [0.1, 0.15) is 0 Å². The van der Waals surface area contributed by atoms with Crippen LogP contribution in [0.1, 0.15) is 23.4 Å². The summed E-state index contributed by atoms with van der Waals surface area (Å²) in [5.41, 5.74) is 8.43. The second kappa shape index (κ2) is 4.99. The van der Waals surface area contributed by atoms with E-state index in [1.807, 2.05) is 16.7 Å². The lowest BCUT2D eigenvalue weighted by Gasteiger charge is -2.15. The Labute approximate surface area is 121 Å². The molecule has 100 valence electrons. The molecule has 0 radical (unpaired) electrons. The third kappa shape index (κ3) is 2.15. The van der Waals surface area contributed by atoms with Crippen LogP contribution in [0.15, 0.2) is 35.7 Å². The van der Waals surface area contributed by atoms with E-state index in [1.54, 1.807) is 17.4 Å². The molecule has 2 heterocycles. The van der Waals surface area contributed by atoms with Gasteiger partial charge in [0.15, 0.2) is 0 Å². The van der Waals surface area contributed by atoms with Crippen LogP contribution in [0.4, 0.5) is 5.95 Å². The molecule has 0 aliphatic heterocycles. The molecule has 1 unspecified atom stereocenters. The van der Waals surface area contributed by atoms with E-state index < -0.39 is 0 Å². The number of nitrogens with two attached hydrogens (primary N) is 1. The molecule has 0 fully saturated rings. The van der Waals surface area contributed by atoms with Crippen LogP contribution >= 0.6 is 11.3 Å².